The van der Waals surface area contributed by atoms with Crippen molar-refractivity contribution < 1.29 is 4.79 Å². The lowest BCUT2D eigenvalue weighted by Crippen LogP contribution is -2.51. The van der Waals surface area contributed by atoms with Gasteiger partial charge in [0.05, 0.1) is 0 Å². The molecule has 1 aromatic heterocycles. The second kappa shape index (κ2) is 5.33. The van der Waals surface area contributed by atoms with Crippen LogP contribution in [0, 0.1) is 0 Å². The fraction of sp³-hybridized carbons (Fsp3) is 0.214. The van der Waals surface area contributed by atoms with E-state index in [1.54, 1.807) is 18.4 Å². The molecule has 94 valence electrons. The molecule has 0 bridgehead atoms. The van der Waals surface area contributed by atoms with E-state index in [0.717, 1.165) is 11.1 Å². The van der Waals surface area contributed by atoms with E-state index in [1.165, 1.54) is 0 Å². The second-order valence-electron chi connectivity index (χ2n) is 4.22. The van der Waals surface area contributed by atoms with Crippen LogP contribution >= 0.6 is 11.3 Å². The first-order valence-corrected chi connectivity index (χ1v) is 6.69. The molecule has 1 unspecified atom stereocenters. The molecule has 3 N–H and O–H groups in total. The summed E-state index contributed by atoms with van der Waals surface area (Å²) in [5.74, 6) is -0.167. The lowest BCUT2D eigenvalue weighted by atomic mass is 9.84. The summed E-state index contributed by atoms with van der Waals surface area (Å²) in [5.41, 5.74) is 7.25. The van der Waals surface area contributed by atoms with Crippen LogP contribution in [-0.4, -0.2) is 13.0 Å². The van der Waals surface area contributed by atoms with Gasteiger partial charge in [-0.1, -0.05) is 30.3 Å². The minimum Gasteiger partial charge on any atom is -0.357 e. The molecule has 0 saturated carbocycles. The van der Waals surface area contributed by atoms with Gasteiger partial charge in [0.25, 0.3) is 0 Å². The van der Waals surface area contributed by atoms with Crippen LogP contribution in [0.25, 0.3) is 0 Å². The number of carbonyl (C=O) groups excluding carboxylic acids is 1. The maximum atomic E-state index is 12.1. The Morgan fingerprint density at radius 1 is 1.33 bits per heavy atom. The van der Waals surface area contributed by atoms with Crippen LogP contribution in [0.4, 0.5) is 0 Å². The Morgan fingerprint density at radius 2 is 2.06 bits per heavy atom. The van der Waals surface area contributed by atoms with Gasteiger partial charge in [0.2, 0.25) is 5.91 Å². The molecule has 0 radical (unpaired) electrons. The third-order valence-electron chi connectivity index (χ3n) is 2.98. The van der Waals surface area contributed by atoms with Gasteiger partial charge in [0.1, 0.15) is 5.54 Å². The molecule has 0 spiro atoms. The molecule has 18 heavy (non-hydrogen) atoms. The first-order valence-electron chi connectivity index (χ1n) is 5.74. The standard InChI is InChI=1S/C14H16N2OS/c1-16-13(17)14(15,9-11-7-8-18-10-11)12-5-3-2-4-6-12/h2-8,10H,9,15H2,1H3,(H,16,17). The first kappa shape index (κ1) is 12.8. The lowest BCUT2D eigenvalue weighted by molar-refractivity contribution is -0.126. The number of benzene rings is 1. The van der Waals surface area contributed by atoms with Gasteiger partial charge in [-0.05, 0) is 28.0 Å². The summed E-state index contributed by atoms with van der Waals surface area (Å²) in [4.78, 5) is 12.1. The largest absolute Gasteiger partial charge is 0.357 e. The molecule has 0 aliphatic heterocycles. The molecule has 2 rings (SSSR count). The van der Waals surface area contributed by atoms with E-state index < -0.39 is 5.54 Å². The predicted octanol–water partition coefficient (Wildman–Crippen LogP) is 1.89. The molecule has 4 heteroatoms. The van der Waals surface area contributed by atoms with Crippen LogP contribution in [0.2, 0.25) is 0 Å². The Hall–Kier alpha value is -1.65. The Labute approximate surface area is 111 Å². The van der Waals surface area contributed by atoms with Crippen molar-refractivity contribution in [3.63, 3.8) is 0 Å². The van der Waals surface area contributed by atoms with E-state index in [2.05, 4.69) is 5.32 Å². The molecular weight excluding hydrogens is 244 g/mol. The Kier molecular flexibility index (Phi) is 3.79. The van der Waals surface area contributed by atoms with Gasteiger partial charge < -0.3 is 11.1 Å². The van der Waals surface area contributed by atoms with E-state index in [9.17, 15) is 4.79 Å². The minimum atomic E-state index is -1.02. The van der Waals surface area contributed by atoms with Crippen LogP contribution in [0.5, 0.6) is 0 Å². The molecule has 0 saturated heterocycles. The molecule has 1 aromatic carbocycles. The highest BCUT2D eigenvalue weighted by Crippen LogP contribution is 2.24. The zero-order valence-electron chi connectivity index (χ0n) is 10.2. The molecule has 0 aliphatic carbocycles. The van der Waals surface area contributed by atoms with Gasteiger partial charge in [0.15, 0.2) is 0 Å². The summed E-state index contributed by atoms with van der Waals surface area (Å²) in [5, 5.41) is 6.67. The zero-order valence-corrected chi connectivity index (χ0v) is 11.0. The summed E-state index contributed by atoms with van der Waals surface area (Å²) in [6.45, 7) is 0. The van der Waals surface area contributed by atoms with Crippen molar-refractivity contribution in [2.45, 2.75) is 12.0 Å². The maximum absolute atomic E-state index is 12.1. The average molecular weight is 260 g/mol. The monoisotopic (exact) mass is 260 g/mol. The average Bonchev–Trinajstić information content (AvgIpc) is 2.91. The van der Waals surface area contributed by atoms with Crippen molar-refractivity contribution in [2.24, 2.45) is 5.73 Å². The Bertz CT molecular complexity index is 510. The minimum absolute atomic E-state index is 0.167. The van der Waals surface area contributed by atoms with Crippen LogP contribution in [0.15, 0.2) is 47.2 Å². The van der Waals surface area contributed by atoms with Gasteiger partial charge in [-0.15, -0.1) is 0 Å². The van der Waals surface area contributed by atoms with Crippen molar-refractivity contribution in [2.75, 3.05) is 7.05 Å². The number of hydrogen-bond donors (Lipinski definition) is 2. The van der Waals surface area contributed by atoms with Crippen molar-refractivity contribution in [1.82, 2.24) is 5.32 Å². The Balaban J connectivity index is 2.38. The molecule has 0 fully saturated rings. The van der Waals surface area contributed by atoms with Crippen LogP contribution < -0.4 is 11.1 Å². The molecule has 2 aromatic rings. The van der Waals surface area contributed by atoms with Crippen LogP contribution in [0.3, 0.4) is 0 Å². The number of rotatable bonds is 4. The van der Waals surface area contributed by atoms with Crippen molar-refractivity contribution in [1.29, 1.82) is 0 Å². The third-order valence-corrected chi connectivity index (χ3v) is 3.72. The van der Waals surface area contributed by atoms with Gasteiger partial charge in [-0.2, -0.15) is 11.3 Å². The quantitative estimate of drug-likeness (QED) is 0.882. The predicted molar refractivity (Wildman–Crippen MR) is 74.4 cm³/mol. The maximum Gasteiger partial charge on any atom is 0.244 e. The van der Waals surface area contributed by atoms with Gasteiger partial charge >= 0.3 is 0 Å². The van der Waals surface area contributed by atoms with E-state index in [-0.39, 0.29) is 5.91 Å². The molecule has 3 nitrogen and oxygen atoms in total. The van der Waals surface area contributed by atoms with E-state index >= 15 is 0 Å². The number of carbonyl (C=O) groups is 1. The molecule has 1 heterocycles. The summed E-state index contributed by atoms with van der Waals surface area (Å²) in [7, 11) is 1.61. The molecule has 1 atom stereocenters. The van der Waals surface area contributed by atoms with Gasteiger partial charge in [-0.25, -0.2) is 0 Å². The SMILES string of the molecule is CNC(=O)C(N)(Cc1ccsc1)c1ccccc1. The number of nitrogens with one attached hydrogen (secondary N) is 1. The summed E-state index contributed by atoms with van der Waals surface area (Å²) < 4.78 is 0. The topological polar surface area (TPSA) is 55.1 Å². The summed E-state index contributed by atoms with van der Waals surface area (Å²) in [6, 6.07) is 11.5. The lowest BCUT2D eigenvalue weighted by Gasteiger charge is -2.27. The van der Waals surface area contributed by atoms with Crippen LogP contribution in [0.1, 0.15) is 11.1 Å². The fourth-order valence-electron chi connectivity index (χ4n) is 1.99. The highest BCUT2D eigenvalue weighted by molar-refractivity contribution is 7.07. The third kappa shape index (κ3) is 2.44. The van der Waals surface area contributed by atoms with E-state index in [0.29, 0.717) is 6.42 Å². The Morgan fingerprint density at radius 3 is 2.61 bits per heavy atom. The van der Waals surface area contributed by atoms with Gasteiger partial charge in [-0.3, -0.25) is 4.79 Å². The molecule has 0 aliphatic rings. The normalized spacial score (nSPS) is 13.9. The van der Waals surface area contributed by atoms with E-state index in [1.807, 2.05) is 47.2 Å². The van der Waals surface area contributed by atoms with Crippen molar-refractivity contribution >= 4 is 17.2 Å². The molecular formula is C14H16N2OS. The number of thiophene rings is 1. The van der Waals surface area contributed by atoms with Crippen molar-refractivity contribution in [3.05, 3.63) is 58.3 Å². The number of amides is 1. The number of nitrogens with two attached hydrogens (primary N) is 1. The highest BCUT2D eigenvalue weighted by atomic mass is 32.1. The highest BCUT2D eigenvalue weighted by Gasteiger charge is 2.35. The zero-order chi connectivity index (χ0) is 13.0. The van der Waals surface area contributed by atoms with Crippen LogP contribution in [-0.2, 0) is 16.8 Å². The second-order valence-corrected chi connectivity index (χ2v) is 5.00. The summed E-state index contributed by atoms with van der Waals surface area (Å²) in [6.07, 6.45) is 0.500. The van der Waals surface area contributed by atoms with Crippen molar-refractivity contribution in [3.8, 4) is 0 Å². The fourth-order valence-corrected chi connectivity index (χ4v) is 2.66. The molecule has 1 amide bonds. The van der Waals surface area contributed by atoms with Gasteiger partial charge in [0, 0.05) is 13.5 Å². The number of likely N-dealkylation sites (N-methyl/N-ethyl adjacent to an activating group) is 1. The van der Waals surface area contributed by atoms with E-state index in [4.69, 9.17) is 5.73 Å². The number of hydrogen-bond acceptors (Lipinski definition) is 3. The summed E-state index contributed by atoms with van der Waals surface area (Å²) >= 11 is 1.61. The smallest absolute Gasteiger partial charge is 0.244 e. The first-order chi connectivity index (χ1) is 8.66.